The molecule has 25 heavy (non-hydrogen) atoms. The van der Waals surface area contributed by atoms with Crippen LogP contribution in [0.2, 0.25) is 0 Å². The highest BCUT2D eigenvalue weighted by atomic mass is 16.5. The first-order chi connectivity index (χ1) is 12.2. The Morgan fingerprint density at radius 1 is 1.08 bits per heavy atom. The molecule has 1 aromatic heterocycles. The first-order valence-corrected chi connectivity index (χ1v) is 7.87. The van der Waals surface area contributed by atoms with Gasteiger partial charge < -0.3 is 9.47 Å². The number of allylic oxidation sites excluding steroid dienone is 1. The first kappa shape index (κ1) is 16.5. The van der Waals surface area contributed by atoms with Gasteiger partial charge in [-0.3, -0.25) is 0 Å². The highest BCUT2D eigenvalue weighted by Gasteiger charge is 2.12. The molecule has 4 nitrogen and oxygen atoms in total. The van der Waals surface area contributed by atoms with Gasteiger partial charge in [-0.05, 0) is 48.4 Å². The second-order valence-electron chi connectivity index (χ2n) is 5.63. The zero-order valence-electron chi connectivity index (χ0n) is 14.4. The third kappa shape index (κ3) is 3.31. The van der Waals surface area contributed by atoms with Crippen molar-refractivity contribution in [2.75, 3.05) is 14.2 Å². The minimum Gasteiger partial charge on any atom is -0.493 e. The van der Waals surface area contributed by atoms with E-state index in [9.17, 15) is 5.26 Å². The van der Waals surface area contributed by atoms with Crippen molar-refractivity contribution in [3.05, 3.63) is 65.4 Å². The molecule has 0 saturated carbocycles. The van der Waals surface area contributed by atoms with Crippen LogP contribution in [0.4, 0.5) is 0 Å². The van der Waals surface area contributed by atoms with Crippen LogP contribution in [0.3, 0.4) is 0 Å². The van der Waals surface area contributed by atoms with E-state index in [0.29, 0.717) is 17.1 Å². The molecule has 0 radical (unpaired) electrons. The van der Waals surface area contributed by atoms with Crippen molar-refractivity contribution in [3.8, 4) is 17.6 Å². The number of nitriles is 1. The van der Waals surface area contributed by atoms with E-state index in [-0.39, 0.29) is 0 Å². The molecule has 124 valence electrons. The lowest BCUT2D eigenvalue weighted by Gasteiger charge is -2.12. The van der Waals surface area contributed by atoms with Gasteiger partial charge >= 0.3 is 0 Å². The molecule has 4 heteroatoms. The zero-order chi connectivity index (χ0) is 17.8. The number of benzene rings is 2. The fraction of sp³-hybridized carbons (Fsp3) is 0.143. The van der Waals surface area contributed by atoms with Crippen LogP contribution in [-0.2, 0) is 0 Å². The van der Waals surface area contributed by atoms with Gasteiger partial charge in [0.15, 0.2) is 11.5 Å². The maximum absolute atomic E-state index is 9.62. The van der Waals surface area contributed by atoms with Crippen LogP contribution >= 0.6 is 0 Å². The lowest BCUT2D eigenvalue weighted by atomic mass is 10.0. The molecule has 3 aromatic rings. The van der Waals surface area contributed by atoms with Crippen molar-refractivity contribution in [1.29, 1.82) is 5.26 Å². The molecule has 0 bridgehead atoms. The number of nitrogens with zero attached hydrogens (tertiary/aromatic N) is 2. The molecule has 1 heterocycles. The lowest BCUT2D eigenvalue weighted by Crippen LogP contribution is -1.95. The second-order valence-corrected chi connectivity index (χ2v) is 5.63. The second kappa shape index (κ2) is 7.06. The summed E-state index contributed by atoms with van der Waals surface area (Å²) in [6.45, 7) is 1.92. The molecule has 0 atom stereocenters. The Morgan fingerprint density at radius 2 is 1.88 bits per heavy atom. The van der Waals surface area contributed by atoms with Crippen LogP contribution in [0.15, 0.2) is 48.5 Å². The van der Waals surface area contributed by atoms with Gasteiger partial charge in [0, 0.05) is 5.39 Å². The highest BCUT2D eigenvalue weighted by molar-refractivity contribution is 5.91. The predicted molar refractivity (Wildman–Crippen MR) is 99.5 cm³/mol. The van der Waals surface area contributed by atoms with E-state index in [1.54, 1.807) is 20.3 Å². The number of pyridine rings is 1. The van der Waals surface area contributed by atoms with Crippen molar-refractivity contribution in [2.24, 2.45) is 0 Å². The molecule has 0 spiro atoms. The van der Waals surface area contributed by atoms with Gasteiger partial charge in [-0.15, -0.1) is 0 Å². The van der Waals surface area contributed by atoms with Crippen LogP contribution in [0.5, 0.6) is 11.5 Å². The fourth-order valence-electron chi connectivity index (χ4n) is 2.80. The number of fused-ring (bicyclic) bond motifs is 1. The van der Waals surface area contributed by atoms with E-state index in [0.717, 1.165) is 27.7 Å². The Hall–Kier alpha value is -3.32. The fourth-order valence-corrected chi connectivity index (χ4v) is 2.80. The molecular formula is C21H18N2O2. The Labute approximate surface area is 147 Å². The predicted octanol–water partition coefficient (Wildman–Crippen LogP) is 4.62. The van der Waals surface area contributed by atoms with Crippen LogP contribution < -0.4 is 9.47 Å². The summed E-state index contributed by atoms with van der Waals surface area (Å²) in [5.41, 5.74) is 3.84. The summed E-state index contributed by atoms with van der Waals surface area (Å²) in [6, 6.07) is 17.8. The Bertz CT molecular complexity index is 1000. The third-order valence-electron chi connectivity index (χ3n) is 4.01. The van der Waals surface area contributed by atoms with Crippen molar-refractivity contribution in [2.45, 2.75) is 6.92 Å². The number of ether oxygens (including phenoxy) is 2. The van der Waals surface area contributed by atoms with E-state index >= 15 is 0 Å². The van der Waals surface area contributed by atoms with Gasteiger partial charge in [0.1, 0.15) is 0 Å². The molecule has 0 saturated heterocycles. The number of para-hydroxylation sites is 1. The van der Waals surface area contributed by atoms with E-state index in [4.69, 9.17) is 9.47 Å². The quantitative estimate of drug-likeness (QED) is 0.655. The van der Waals surface area contributed by atoms with Crippen LogP contribution in [0.1, 0.15) is 16.8 Å². The van der Waals surface area contributed by atoms with Crippen molar-refractivity contribution < 1.29 is 9.47 Å². The molecule has 0 aliphatic carbocycles. The third-order valence-corrected chi connectivity index (χ3v) is 4.01. The van der Waals surface area contributed by atoms with Crippen LogP contribution in [-0.4, -0.2) is 19.2 Å². The summed E-state index contributed by atoms with van der Waals surface area (Å²) in [4.78, 5) is 4.60. The number of methoxy groups -OCH3 is 2. The van der Waals surface area contributed by atoms with E-state index in [1.165, 1.54) is 0 Å². The van der Waals surface area contributed by atoms with Gasteiger partial charge in [0.25, 0.3) is 0 Å². The molecular weight excluding hydrogens is 312 g/mol. The van der Waals surface area contributed by atoms with Gasteiger partial charge in [-0.2, -0.15) is 5.26 Å². The van der Waals surface area contributed by atoms with Crippen molar-refractivity contribution in [3.63, 3.8) is 0 Å². The average molecular weight is 330 g/mol. The molecule has 0 unspecified atom stereocenters. The molecule has 0 fully saturated rings. The van der Waals surface area contributed by atoms with Crippen molar-refractivity contribution >= 4 is 22.6 Å². The summed E-state index contributed by atoms with van der Waals surface area (Å²) < 4.78 is 10.7. The monoisotopic (exact) mass is 330 g/mol. The maximum atomic E-state index is 9.62. The Morgan fingerprint density at radius 3 is 2.60 bits per heavy atom. The topological polar surface area (TPSA) is 55.1 Å². The highest BCUT2D eigenvalue weighted by Crippen LogP contribution is 2.34. The van der Waals surface area contributed by atoms with Crippen LogP contribution in [0, 0.1) is 18.3 Å². The Balaban J connectivity index is 2.08. The molecule has 0 aliphatic rings. The minimum atomic E-state index is 0.520. The standard InChI is InChI=1S/C21H18N2O2/c1-14-10-16(12-20(24-2)21(14)25-3)17(13-22)11-18-9-8-15-6-4-5-7-19(15)23-18/h4-12H,1-3H3/b17-11+. The summed E-state index contributed by atoms with van der Waals surface area (Å²) in [7, 11) is 3.19. The number of aryl methyl sites for hydroxylation is 1. The van der Waals surface area contributed by atoms with Gasteiger partial charge in [0.2, 0.25) is 0 Å². The molecule has 0 N–H and O–H groups in total. The zero-order valence-corrected chi connectivity index (χ0v) is 14.4. The van der Waals surface area contributed by atoms with Crippen molar-refractivity contribution in [1.82, 2.24) is 4.98 Å². The number of rotatable bonds is 4. The Kier molecular flexibility index (Phi) is 4.67. The smallest absolute Gasteiger partial charge is 0.163 e. The first-order valence-electron chi connectivity index (χ1n) is 7.87. The maximum Gasteiger partial charge on any atom is 0.163 e. The SMILES string of the molecule is COc1cc(/C(C#N)=C/c2ccc3ccccc3n2)cc(C)c1OC. The molecule has 0 amide bonds. The summed E-state index contributed by atoms with van der Waals surface area (Å²) in [6.07, 6.45) is 1.78. The van der Waals surface area contributed by atoms with Gasteiger partial charge in [-0.25, -0.2) is 4.98 Å². The number of aromatic nitrogens is 1. The largest absolute Gasteiger partial charge is 0.493 e. The number of hydrogen-bond donors (Lipinski definition) is 0. The molecule has 0 aliphatic heterocycles. The summed E-state index contributed by atoms with van der Waals surface area (Å²) in [5, 5.41) is 10.7. The summed E-state index contributed by atoms with van der Waals surface area (Å²) >= 11 is 0. The van der Waals surface area contributed by atoms with Crippen LogP contribution in [0.25, 0.3) is 22.6 Å². The molecule has 2 aromatic carbocycles. The van der Waals surface area contributed by atoms with E-state index in [1.807, 2.05) is 55.5 Å². The normalized spacial score (nSPS) is 11.2. The summed E-state index contributed by atoms with van der Waals surface area (Å²) in [5.74, 6) is 1.28. The average Bonchev–Trinajstić information content (AvgIpc) is 2.65. The minimum absolute atomic E-state index is 0.520. The lowest BCUT2D eigenvalue weighted by molar-refractivity contribution is 0.353. The van der Waals surface area contributed by atoms with E-state index < -0.39 is 0 Å². The van der Waals surface area contributed by atoms with Gasteiger partial charge in [0.05, 0.1) is 37.1 Å². The van der Waals surface area contributed by atoms with E-state index in [2.05, 4.69) is 11.1 Å². The number of hydrogen-bond acceptors (Lipinski definition) is 4. The van der Waals surface area contributed by atoms with Gasteiger partial charge in [-0.1, -0.05) is 24.3 Å². The molecule has 3 rings (SSSR count).